The maximum Gasteiger partial charge on any atom is 0.244 e. The molecular weight excluding hydrogens is 422 g/mol. The fourth-order valence-corrected chi connectivity index (χ4v) is 4.42. The summed E-state index contributed by atoms with van der Waals surface area (Å²) in [5.74, 6) is -1.79. The Labute approximate surface area is 180 Å². The summed E-state index contributed by atoms with van der Waals surface area (Å²) in [6.07, 6.45) is 0.0844. The molecule has 8 heteroatoms. The molecule has 3 rings (SSSR count). The zero-order valence-corrected chi connectivity index (χ0v) is 17.6. The average Bonchev–Trinajstić information content (AvgIpc) is 2.75. The van der Waals surface area contributed by atoms with Crippen LogP contribution in [0.3, 0.4) is 0 Å². The number of hydrogen-bond donors (Lipinski definition) is 1. The molecule has 1 amide bonds. The Bertz CT molecular complexity index is 1140. The summed E-state index contributed by atoms with van der Waals surface area (Å²) in [5.41, 5.74) is 1.43. The zero-order valence-electron chi connectivity index (χ0n) is 16.8. The van der Waals surface area contributed by atoms with Gasteiger partial charge in [0, 0.05) is 13.6 Å². The van der Waals surface area contributed by atoms with Gasteiger partial charge >= 0.3 is 0 Å². The van der Waals surface area contributed by atoms with Gasteiger partial charge in [-0.15, -0.1) is 0 Å². The fraction of sp³-hybridized carbons (Fsp3) is 0.174. The smallest absolute Gasteiger partial charge is 0.244 e. The molecule has 1 atom stereocenters. The van der Waals surface area contributed by atoms with Gasteiger partial charge < -0.3 is 4.90 Å². The van der Waals surface area contributed by atoms with Gasteiger partial charge in [-0.2, -0.15) is 4.72 Å². The molecule has 0 saturated heterocycles. The first-order valence-corrected chi connectivity index (χ1v) is 11.0. The van der Waals surface area contributed by atoms with E-state index in [1.165, 1.54) is 36.2 Å². The van der Waals surface area contributed by atoms with Gasteiger partial charge in [0.2, 0.25) is 15.9 Å². The van der Waals surface area contributed by atoms with Gasteiger partial charge in [-0.05, 0) is 41.8 Å². The molecule has 0 spiro atoms. The van der Waals surface area contributed by atoms with Crippen LogP contribution in [0.4, 0.5) is 8.78 Å². The lowest BCUT2D eigenvalue weighted by Gasteiger charge is -2.25. The molecule has 3 aromatic carbocycles. The van der Waals surface area contributed by atoms with E-state index in [2.05, 4.69) is 4.72 Å². The minimum absolute atomic E-state index is 0.0844. The Morgan fingerprint density at radius 2 is 1.52 bits per heavy atom. The summed E-state index contributed by atoms with van der Waals surface area (Å²) in [5, 5.41) is 0. The van der Waals surface area contributed by atoms with Crippen LogP contribution in [0, 0.1) is 11.6 Å². The molecule has 0 bridgehead atoms. The van der Waals surface area contributed by atoms with Crippen molar-refractivity contribution in [2.75, 3.05) is 7.05 Å². The van der Waals surface area contributed by atoms with Crippen molar-refractivity contribution in [3.63, 3.8) is 0 Å². The van der Waals surface area contributed by atoms with Gasteiger partial charge in [-0.25, -0.2) is 17.2 Å². The second-order valence-electron chi connectivity index (χ2n) is 7.11. The Morgan fingerprint density at radius 3 is 2.16 bits per heavy atom. The molecule has 0 heterocycles. The highest BCUT2D eigenvalue weighted by molar-refractivity contribution is 7.89. The molecule has 0 unspecified atom stereocenters. The molecular formula is C23H22F2N2O3S. The zero-order chi connectivity index (χ0) is 22.4. The summed E-state index contributed by atoms with van der Waals surface area (Å²) in [7, 11) is -2.76. The lowest BCUT2D eigenvalue weighted by molar-refractivity contribution is -0.132. The first-order chi connectivity index (χ1) is 14.8. The van der Waals surface area contributed by atoms with E-state index in [1.54, 1.807) is 36.4 Å². The van der Waals surface area contributed by atoms with Gasteiger partial charge in [0.05, 0.1) is 0 Å². The first kappa shape index (κ1) is 22.6. The van der Waals surface area contributed by atoms with Crippen molar-refractivity contribution in [3.8, 4) is 0 Å². The number of rotatable bonds is 8. The van der Waals surface area contributed by atoms with Crippen molar-refractivity contribution < 1.29 is 22.0 Å². The molecule has 3 aromatic rings. The highest BCUT2D eigenvalue weighted by atomic mass is 32.2. The van der Waals surface area contributed by atoms with Gasteiger partial charge in [0.1, 0.15) is 22.6 Å². The highest BCUT2D eigenvalue weighted by Gasteiger charge is 2.29. The van der Waals surface area contributed by atoms with Gasteiger partial charge in [-0.1, -0.05) is 54.6 Å². The van der Waals surface area contributed by atoms with Crippen molar-refractivity contribution >= 4 is 15.9 Å². The minimum Gasteiger partial charge on any atom is -0.340 e. The molecule has 31 heavy (non-hydrogen) atoms. The van der Waals surface area contributed by atoms with Gasteiger partial charge in [0.25, 0.3) is 0 Å². The summed E-state index contributed by atoms with van der Waals surface area (Å²) < 4.78 is 55.2. The standard InChI is InChI=1S/C23H22F2N2O3S/c1-27(16-18-11-13-19(24)14-12-18)23(28)21(15-17-7-3-2-4-8-17)26-31(29,30)22-10-6-5-9-20(22)25/h2-14,21,26H,15-16H2,1H3/t21-/m0/s1. The molecule has 0 aliphatic rings. The minimum atomic E-state index is -4.29. The first-order valence-electron chi connectivity index (χ1n) is 9.56. The van der Waals surface area contributed by atoms with Gasteiger partial charge in [0.15, 0.2) is 0 Å². The number of sulfonamides is 1. The van der Waals surface area contributed by atoms with E-state index >= 15 is 0 Å². The second-order valence-corrected chi connectivity index (χ2v) is 8.80. The topological polar surface area (TPSA) is 66.5 Å². The van der Waals surface area contributed by atoms with Crippen LogP contribution in [0.25, 0.3) is 0 Å². The summed E-state index contributed by atoms with van der Waals surface area (Å²) in [6, 6.07) is 18.4. The molecule has 0 fully saturated rings. The third kappa shape index (κ3) is 5.96. The van der Waals surface area contributed by atoms with E-state index in [0.29, 0.717) is 5.56 Å². The normalized spacial score (nSPS) is 12.4. The van der Waals surface area contributed by atoms with E-state index in [0.717, 1.165) is 17.7 Å². The molecule has 0 aliphatic heterocycles. The monoisotopic (exact) mass is 444 g/mol. The maximum absolute atomic E-state index is 14.1. The maximum atomic E-state index is 14.1. The third-order valence-electron chi connectivity index (χ3n) is 4.71. The van der Waals surface area contributed by atoms with E-state index in [4.69, 9.17) is 0 Å². The number of halogens is 2. The Balaban J connectivity index is 1.85. The largest absolute Gasteiger partial charge is 0.340 e. The van der Waals surface area contributed by atoms with E-state index in [1.807, 2.05) is 6.07 Å². The van der Waals surface area contributed by atoms with Crippen molar-refractivity contribution in [1.29, 1.82) is 0 Å². The molecule has 1 N–H and O–H groups in total. The van der Waals surface area contributed by atoms with Crippen LogP contribution in [-0.2, 0) is 27.8 Å². The van der Waals surface area contributed by atoms with Crippen LogP contribution in [0.1, 0.15) is 11.1 Å². The number of benzene rings is 3. The summed E-state index contributed by atoms with van der Waals surface area (Å²) >= 11 is 0. The molecule has 0 aliphatic carbocycles. The van der Waals surface area contributed by atoms with Crippen molar-refractivity contribution in [3.05, 3.63) is 102 Å². The van der Waals surface area contributed by atoms with E-state index < -0.39 is 38.5 Å². The third-order valence-corrected chi connectivity index (χ3v) is 6.22. The molecule has 162 valence electrons. The van der Waals surface area contributed by atoms with E-state index in [9.17, 15) is 22.0 Å². The summed E-state index contributed by atoms with van der Waals surface area (Å²) in [4.78, 5) is 14.0. The fourth-order valence-electron chi connectivity index (χ4n) is 3.15. The number of carbonyl (C=O) groups excluding carboxylic acids is 1. The van der Waals surface area contributed by atoms with Crippen LogP contribution in [0.2, 0.25) is 0 Å². The summed E-state index contributed by atoms with van der Waals surface area (Å²) in [6.45, 7) is 0.159. The number of nitrogens with zero attached hydrogens (tertiary/aromatic N) is 1. The molecule has 5 nitrogen and oxygen atoms in total. The number of nitrogens with one attached hydrogen (secondary N) is 1. The second kappa shape index (κ2) is 9.80. The number of carbonyl (C=O) groups is 1. The SMILES string of the molecule is CN(Cc1ccc(F)cc1)C(=O)[C@H](Cc1ccccc1)NS(=O)(=O)c1ccccc1F. The molecule has 0 saturated carbocycles. The van der Waals surface area contributed by atoms with Crippen LogP contribution >= 0.6 is 0 Å². The Kier molecular flexibility index (Phi) is 7.14. The van der Waals surface area contributed by atoms with Crippen molar-refractivity contribution in [1.82, 2.24) is 9.62 Å². The Hall–Kier alpha value is -3.10. The number of hydrogen-bond acceptors (Lipinski definition) is 3. The number of amides is 1. The van der Waals surface area contributed by atoms with Crippen LogP contribution in [0.5, 0.6) is 0 Å². The number of likely N-dealkylation sites (N-methyl/N-ethyl adjacent to an activating group) is 1. The Morgan fingerprint density at radius 1 is 0.903 bits per heavy atom. The molecule has 0 aromatic heterocycles. The lowest BCUT2D eigenvalue weighted by atomic mass is 10.1. The van der Waals surface area contributed by atoms with Gasteiger partial charge in [-0.3, -0.25) is 4.79 Å². The van der Waals surface area contributed by atoms with Crippen LogP contribution in [-0.4, -0.2) is 32.3 Å². The van der Waals surface area contributed by atoms with Crippen molar-refractivity contribution in [2.45, 2.75) is 23.9 Å². The van der Waals surface area contributed by atoms with Crippen LogP contribution in [0.15, 0.2) is 83.8 Å². The van der Waals surface area contributed by atoms with E-state index in [-0.39, 0.29) is 13.0 Å². The lowest BCUT2D eigenvalue weighted by Crippen LogP contribution is -2.48. The molecule has 0 radical (unpaired) electrons. The predicted octanol–water partition coefficient (Wildman–Crippen LogP) is 3.51. The predicted molar refractivity (Wildman–Crippen MR) is 114 cm³/mol. The average molecular weight is 445 g/mol. The van der Waals surface area contributed by atoms with Crippen molar-refractivity contribution in [2.24, 2.45) is 0 Å². The van der Waals surface area contributed by atoms with Crippen LogP contribution < -0.4 is 4.72 Å². The quantitative estimate of drug-likeness (QED) is 0.578. The highest BCUT2D eigenvalue weighted by Crippen LogP contribution is 2.16.